The van der Waals surface area contributed by atoms with Crippen LogP contribution in [0.4, 0.5) is 13.2 Å². The van der Waals surface area contributed by atoms with Crippen molar-refractivity contribution in [2.45, 2.75) is 6.30 Å². The standard InChI is InChI=1S/C6H3F3N2/c7-6(8,9)11-3-1-2-5(11)4-10/h1-3H. The number of halogens is 3. The summed E-state index contributed by atoms with van der Waals surface area (Å²) in [6, 6.07) is 3.70. The third kappa shape index (κ3) is 1.34. The molecule has 1 aromatic heterocycles. The number of aromatic nitrogens is 1. The van der Waals surface area contributed by atoms with Gasteiger partial charge in [0, 0.05) is 6.20 Å². The van der Waals surface area contributed by atoms with Crippen molar-refractivity contribution < 1.29 is 13.2 Å². The summed E-state index contributed by atoms with van der Waals surface area (Å²) >= 11 is 0. The van der Waals surface area contributed by atoms with E-state index in [1.165, 1.54) is 12.1 Å². The molecule has 1 heterocycles. The molecule has 58 valence electrons. The summed E-state index contributed by atoms with van der Waals surface area (Å²) < 4.78 is 35.6. The summed E-state index contributed by atoms with van der Waals surface area (Å²) in [5.74, 6) is 0. The highest BCUT2D eigenvalue weighted by atomic mass is 19.4. The maximum Gasteiger partial charge on any atom is 0.489 e. The summed E-state index contributed by atoms with van der Waals surface area (Å²) in [5.41, 5.74) is -0.405. The van der Waals surface area contributed by atoms with E-state index in [0.29, 0.717) is 0 Å². The SMILES string of the molecule is N#Cc1cccn1C(F)(F)F. The first-order chi connectivity index (χ1) is 5.05. The highest BCUT2D eigenvalue weighted by Gasteiger charge is 2.31. The summed E-state index contributed by atoms with van der Waals surface area (Å²) in [6.07, 6.45) is -3.69. The van der Waals surface area contributed by atoms with E-state index in [1.54, 1.807) is 0 Å². The van der Waals surface area contributed by atoms with Gasteiger partial charge in [-0.15, -0.1) is 13.2 Å². The van der Waals surface area contributed by atoms with Crippen molar-refractivity contribution >= 4 is 0 Å². The molecule has 0 aliphatic heterocycles. The highest BCUT2D eigenvalue weighted by Crippen LogP contribution is 2.23. The minimum absolute atomic E-state index is 0.0347. The van der Waals surface area contributed by atoms with Gasteiger partial charge in [0.25, 0.3) is 0 Å². The molecule has 1 rings (SSSR count). The first kappa shape index (κ1) is 7.66. The molecule has 0 radical (unpaired) electrons. The second kappa shape index (κ2) is 2.31. The second-order valence-corrected chi connectivity index (χ2v) is 1.84. The number of hydrogen-bond acceptors (Lipinski definition) is 1. The summed E-state index contributed by atoms with van der Waals surface area (Å²) in [5, 5.41) is 8.20. The van der Waals surface area contributed by atoms with Gasteiger partial charge in [0.1, 0.15) is 11.8 Å². The molecular weight excluding hydrogens is 157 g/mol. The lowest BCUT2D eigenvalue weighted by Gasteiger charge is -2.07. The van der Waals surface area contributed by atoms with Crippen molar-refractivity contribution in [1.82, 2.24) is 4.57 Å². The molecule has 0 saturated heterocycles. The fourth-order valence-electron chi connectivity index (χ4n) is 0.693. The maximum absolute atomic E-state index is 11.9. The Bertz CT molecular complexity index is 292. The zero-order chi connectivity index (χ0) is 8.48. The molecule has 1 aromatic rings. The van der Waals surface area contributed by atoms with E-state index < -0.39 is 12.0 Å². The lowest BCUT2D eigenvalue weighted by Crippen LogP contribution is -2.16. The minimum Gasteiger partial charge on any atom is -0.250 e. The zero-order valence-corrected chi connectivity index (χ0v) is 5.26. The summed E-state index contributed by atoms with van der Waals surface area (Å²) in [4.78, 5) is 0. The molecule has 11 heavy (non-hydrogen) atoms. The molecule has 0 spiro atoms. The smallest absolute Gasteiger partial charge is 0.250 e. The Morgan fingerprint density at radius 2 is 2.09 bits per heavy atom. The monoisotopic (exact) mass is 160 g/mol. The van der Waals surface area contributed by atoms with Crippen LogP contribution in [0.5, 0.6) is 0 Å². The molecule has 0 amide bonds. The van der Waals surface area contributed by atoms with Gasteiger partial charge in [-0.25, -0.2) is 4.57 Å². The molecular formula is C6H3F3N2. The van der Waals surface area contributed by atoms with Crippen molar-refractivity contribution in [2.75, 3.05) is 0 Å². The molecule has 0 aliphatic carbocycles. The Balaban J connectivity index is 3.15. The van der Waals surface area contributed by atoms with Gasteiger partial charge in [-0.05, 0) is 12.1 Å². The molecule has 0 atom stereocenters. The van der Waals surface area contributed by atoms with Crippen molar-refractivity contribution in [3.8, 4) is 6.07 Å². The Morgan fingerprint density at radius 3 is 2.45 bits per heavy atom. The zero-order valence-electron chi connectivity index (χ0n) is 5.26. The molecule has 0 N–H and O–H groups in total. The Morgan fingerprint density at radius 1 is 1.45 bits per heavy atom. The van der Waals surface area contributed by atoms with Gasteiger partial charge in [0.15, 0.2) is 0 Å². The highest BCUT2D eigenvalue weighted by molar-refractivity contribution is 5.22. The third-order valence-corrected chi connectivity index (χ3v) is 1.14. The maximum atomic E-state index is 11.9. The molecule has 0 saturated carbocycles. The second-order valence-electron chi connectivity index (χ2n) is 1.84. The van der Waals surface area contributed by atoms with Gasteiger partial charge in [0.2, 0.25) is 0 Å². The van der Waals surface area contributed by atoms with E-state index >= 15 is 0 Å². The number of rotatable bonds is 0. The Labute approximate surface area is 60.5 Å². The van der Waals surface area contributed by atoms with Crippen LogP contribution in [0.3, 0.4) is 0 Å². The quantitative estimate of drug-likeness (QED) is 0.569. The predicted octanol–water partition coefficient (Wildman–Crippen LogP) is 1.84. The first-order valence-electron chi connectivity index (χ1n) is 2.70. The van der Waals surface area contributed by atoms with Gasteiger partial charge in [-0.2, -0.15) is 5.26 Å². The number of hydrogen-bond donors (Lipinski definition) is 0. The van der Waals surface area contributed by atoms with Crippen molar-refractivity contribution in [3.63, 3.8) is 0 Å². The number of alkyl halides is 3. The van der Waals surface area contributed by atoms with Crippen LogP contribution in [0.25, 0.3) is 0 Å². The average molecular weight is 160 g/mol. The van der Waals surface area contributed by atoms with Crippen LogP contribution in [0.1, 0.15) is 5.69 Å². The molecule has 0 aromatic carbocycles. The Hall–Kier alpha value is -1.44. The molecule has 2 nitrogen and oxygen atoms in total. The van der Waals surface area contributed by atoms with Crippen LogP contribution in [0.15, 0.2) is 18.3 Å². The lowest BCUT2D eigenvalue weighted by atomic mass is 10.5. The third-order valence-electron chi connectivity index (χ3n) is 1.14. The van der Waals surface area contributed by atoms with Crippen LogP contribution < -0.4 is 0 Å². The lowest BCUT2D eigenvalue weighted by molar-refractivity contribution is -0.204. The van der Waals surface area contributed by atoms with Crippen molar-refractivity contribution in [1.29, 1.82) is 5.26 Å². The van der Waals surface area contributed by atoms with E-state index in [0.717, 1.165) is 12.3 Å². The molecule has 0 fully saturated rings. The molecule has 0 aliphatic rings. The van der Waals surface area contributed by atoms with Gasteiger partial charge in [-0.3, -0.25) is 0 Å². The number of nitrogens with zero attached hydrogens (tertiary/aromatic N) is 2. The van der Waals surface area contributed by atoms with Crippen LogP contribution >= 0.6 is 0 Å². The molecule has 0 bridgehead atoms. The van der Waals surface area contributed by atoms with Gasteiger partial charge >= 0.3 is 6.30 Å². The van der Waals surface area contributed by atoms with Crippen LogP contribution in [-0.2, 0) is 6.30 Å². The number of nitriles is 1. The average Bonchev–Trinajstić information content (AvgIpc) is 2.31. The fraction of sp³-hybridized carbons (Fsp3) is 0.167. The Kier molecular flexibility index (Phi) is 1.61. The largest absolute Gasteiger partial charge is 0.489 e. The van der Waals surface area contributed by atoms with Crippen molar-refractivity contribution in [3.05, 3.63) is 24.0 Å². The van der Waals surface area contributed by atoms with Gasteiger partial charge in [-0.1, -0.05) is 0 Å². The van der Waals surface area contributed by atoms with E-state index in [1.807, 2.05) is 0 Å². The van der Waals surface area contributed by atoms with E-state index in [-0.39, 0.29) is 4.57 Å². The summed E-state index contributed by atoms with van der Waals surface area (Å²) in [6.45, 7) is 0. The molecule has 0 unspecified atom stereocenters. The topological polar surface area (TPSA) is 28.7 Å². The van der Waals surface area contributed by atoms with Gasteiger partial charge < -0.3 is 0 Å². The molecule has 5 heteroatoms. The van der Waals surface area contributed by atoms with E-state index in [4.69, 9.17) is 5.26 Å². The minimum atomic E-state index is -4.49. The van der Waals surface area contributed by atoms with E-state index in [9.17, 15) is 13.2 Å². The van der Waals surface area contributed by atoms with Crippen molar-refractivity contribution in [2.24, 2.45) is 0 Å². The first-order valence-corrected chi connectivity index (χ1v) is 2.70. The fourth-order valence-corrected chi connectivity index (χ4v) is 0.693. The predicted molar refractivity (Wildman–Crippen MR) is 30.4 cm³/mol. The van der Waals surface area contributed by atoms with Gasteiger partial charge in [0.05, 0.1) is 0 Å². The van der Waals surface area contributed by atoms with E-state index in [2.05, 4.69) is 0 Å². The van der Waals surface area contributed by atoms with Crippen LogP contribution in [0, 0.1) is 11.3 Å². The normalized spacial score (nSPS) is 11.1. The van der Waals surface area contributed by atoms with Crippen LogP contribution in [0.2, 0.25) is 0 Å². The van der Waals surface area contributed by atoms with Crippen LogP contribution in [-0.4, -0.2) is 4.57 Å². The summed E-state index contributed by atoms with van der Waals surface area (Å²) in [7, 11) is 0.